The van der Waals surface area contributed by atoms with Gasteiger partial charge in [0.2, 0.25) is 0 Å². The fourth-order valence-electron chi connectivity index (χ4n) is 9.18. The van der Waals surface area contributed by atoms with E-state index in [4.69, 9.17) is 0 Å². The smallest absolute Gasteiger partial charge is 0.00201 e. The summed E-state index contributed by atoms with van der Waals surface area (Å²) in [7, 11) is 0. The van der Waals surface area contributed by atoms with E-state index in [9.17, 15) is 0 Å². The fourth-order valence-corrected chi connectivity index (χ4v) is 9.18. The zero-order chi connectivity index (χ0) is 37.0. The molecule has 0 heteroatoms. The Morgan fingerprint density at radius 2 is 0.500 bits per heavy atom. The van der Waals surface area contributed by atoms with Crippen LogP contribution in [0.5, 0.6) is 0 Å². The van der Waals surface area contributed by atoms with Gasteiger partial charge in [0.15, 0.2) is 0 Å². The van der Waals surface area contributed by atoms with Gasteiger partial charge in [-0.2, -0.15) is 0 Å². The van der Waals surface area contributed by atoms with Crippen molar-refractivity contribution in [2.75, 3.05) is 0 Å². The SMILES string of the molecule is C(=Cc1ccc(-c2c3ccccc3c(-c3cccc4ccccc34)c3ccccc23)c2ccccc12)c1ccc(-c2cccc3ccccc23)c2ccccc12. The van der Waals surface area contributed by atoms with E-state index in [1.165, 1.54) is 109 Å². The summed E-state index contributed by atoms with van der Waals surface area (Å²) in [5, 5.41) is 15.1. The number of fused-ring (bicyclic) bond motifs is 6. The second kappa shape index (κ2) is 13.2. The van der Waals surface area contributed by atoms with Crippen LogP contribution in [0, 0.1) is 0 Å². The van der Waals surface area contributed by atoms with Crippen LogP contribution in [0.4, 0.5) is 0 Å². The van der Waals surface area contributed by atoms with Gasteiger partial charge in [-0.05, 0) is 109 Å². The van der Waals surface area contributed by atoms with Gasteiger partial charge in [0.05, 0.1) is 0 Å². The van der Waals surface area contributed by atoms with Crippen molar-refractivity contribution in [3.8, 4) is 33.4 Å². The zero-order valence-electron chi connectivity index (χ0n) is 30.8. The molecule has 0 aliphatic rings. The highest BCUT2D eigenvalue weighted by molar-refractivity contribution is 6.25. The molecule has 11 aromatic carbocycles. The Labute approximate surface area is 326 Å². The number of hydrogen-bond donors (Lipinski definition) is 0. The number of benzene rings is 11. The molecule has 11 aromatic rings. The van der Waals surface area contributed by atoms with E-state index in [0.717, 1.165) is 0 Å². The minimum absolute atomic E-state index is 1.20. The van der Waals surface area contributed by atoms with Crippen molar-refractivity contribution in [3.63, 3.8) is 0 Å². The molecule has 56 heavy (non-hydrogen) atoms. The van der Waals surface area contributed by atoms with Crippen LogP contribution in [-0.4, -0.2) is 0 Å². The van der Waals surface area contributed by atoms with Crippen molar-refractivity contribution in [2.45, 2.75) is 0 Å². The van der Waals surface area contributed by atoms with Crippen LogP contribution in [0.1, 0.15) is 11.1 Å². The van der Waals surface area contributed by atoms with Crippen LogP contribution in [0.2, 0.25) is 0 Å². The molecule has 0 unspecified atom stereocenters. The second-order valence-electron chi connectivity index (χ2n) is 14.7. The van der Waals surface area contributed by atoms with Crippen molar-refractivity contribution in [3.05, 3.63) is 217 Å². The van der Waals surface area contributed by atoms with E-state index in [1.54, 1.807) is 0 Å². The molecule has 0 aliphatic heterocycles. The molecule has 11 rings (SSSR count). The van der Waals surface area contributed by atoms with Crippen LogP contribution in [0.3, 0.4) is 0 Å². The first kappa shape index (κ1) is 32.2. The third kappa shape index (κ3) is 5.15. The molecule has 260 valence electrons. The Kier molecular flexibility index (Phi) is 7.60. The van der Waals surface area contributed by atoms with Crippen LogP contribution < -0.4 is 0 Å². The average Bonchev–Trinajstić information content (AvgIpc) is 3.27. The van der Waals surface area contributed by atoms with Crippen LogP contribution in [-0.2, 0) is 0 Å². The van der Waals surface area contributed by atoms with Gasteiger partial charge in [-0.15, -0.1) is 0 Å². The van der Waals surface area contributed by atoms with Crippen LogP contribution >= 0.6 is 0 Å². The third-order valence-corrected chi connectivity index (χ3v) is 11.7. The Balaban J connectivity index is 1.08. The largest absolute Gasteiger partial charge is 0.0616 e. The van der Waals surface area contributed by atoms with Crippen molar-refractivity contribution in [1.29, 1.82) is 0 Å². The lowest BCUT2D eigenvalue weighted by atomic mass is 9.83. The minimum atomic E-state index is 1.20. The van der Waals surface area contributed by atoms with Gasteiger partial charge >= 0.3 is 0 Å². The summed E-state index contributed by atoms with van der Waals surface area (Å²) in [6.07, 6.45) is 4.59. The van der Waals surface area contributed by atoms with E-state index in [-0.39, 0.29) is 0 Å². The number of hydrogen-bond acceptors (Lipinski definition) is 0. The molecule has 0 N–H and O–H groups in total. The van der Waals surface area contributed by atoms with Crippen molar-refractivity contribution in [1.82, 2.24) is 0 Å². The molecule has 0 radical (unpaired) electrons. The van der Waals surface area contributed by atoms with Crippen molar-refractivity contribution >= 4 is 76.8 Å². The molecule has 0 bridgehead atoms. The second-order valence-corrected chi connectivity index (χ2v) is 14.7. The lowest BCUT2D eigenvalue weighted by molar-refractivity contribution is 1.66. The van der Waals surface area contributed by atoms with Crippen LogP contribution in [0.15, 0.2) is 206 Å². The van der Waals surface area contributed by atoms with Gasteiger partial charge < -0.3 is 0 Å². The maximum atomic E-state index is 2.34. The lowest BCUT2D eigenvalue weighted by Gasteiger charge is -2.20. The van der Waals surface area contributed by atoms with Gasteiger partial charge in [-0.3, -0.25) is 0 Å². The van der Waals surface area contributed by atoms with Crippen molar-refractivity contribution < 1.29 is 0 Å². The first-order valence-corrected chi connectivity index (χ1v) is 19.4. The Bertz CT molecular complexity index is 3290. The summed E-state index contributed by atoms with van der Waals surface area (Å²) >= 11 is 0. The fraction of sp³-hybridized carbons (Fsp3) is 0. The Morgan fingerprint density at radius 3 is 1.00 bits per heavy atom. The predicted octanol–water partition coefficient (Wildman–Crippen LogP) is 15.8. The zero-order valence-corrected chi connectivity index (χ0v) is 30.8. The predicted molar refractivity (Wildman–Crippen MR) is 243 cm³/mol. The molecule has 0 atom stereocenters. The molecule has 0 nitrogen and oxygen atoms in total. The summed E-state index contributed by atoms with van der Waals surface area (Å²) in [5.74, 6) is 0. The molecule has 0 aromatic heterocycles. The van der Waals surface area contributed by atoms with E-state index in [2.05, 4.69) is 218 Å². The molecule has 0 saturated heterocycles. The molecular formula is C56H36. The topological polar surface area (TPSA) is 0 Å². The van der Waals surface area contributed by atoms with E-state index in [0.29, 0.717) is 0 Å². The summed E-state index contributed by atoms with van der Waals surface area (Å²) in [6, 6.07) is 75.6. The summed E-state index contributed by atoms with van der Waals surface area (Å²) < 4.78 is 0. The quantitative estimate of drug-likeness (QED) is 0.123. The van der Waals surface area contributed by atoms with E-state index < -0.39 is 0 Å². The first-order chi connectivity index (χ1) is 27.8. The maximum Gasteiger partial charge on any atom is -0.00201 e. The monoisotopic (exact) mass is 708 g/mol. The van der Waals surface area contributed by atoms with E-state index >= 15 is 0 Å². The van der Waals surface area contributed by atoms with E-state index in [1.807, 2.05) is 0 Å². The first-order valence-electron chi connectivity index (χ1n) is 19.4. The molecular weight excluding hydrogens is 673 g/mol. The third-order valence-electron chi connectivity index (χ3n) is 11.7. The molecule has 0 saturated carbocycles. The average molecular weight is 709 g/mol. The van der Waals surface area contributed by atoms with Crippen LogP contribution in [0.25, 0.3) is 110 Å². The van der Waals surface area contributed by atoms with Gasteiger partial charge in [0.1, 0.15) is 0 Å². The van der Waals surface area contributed by atoms with Gasteiger partial charge in [-0.25, -0.2) is 0 Å². The summed E-state index contributed by atoms with van der Waals surface area (Å²) in [5.41, 5.74) is 10.0. The molecule has 0 spiro atoms. The summed E-state index contributed by atoms with van der Waals surface area (Å²) in [6.45, 7) is 0. The normalized spacial score (nSPS) is 11.9. The summed E-state index contributed by atoms with van der Waals surface area (Å²) in [4.78, 5) is 0. The van der Waals surface area contributed by atoms with Gasteiger partial charge in [-0.1, -0.05) is 218 Å². The Hall–Kier alpha value is -7.28. The van der Waals surface area contributed by atoms with Gasteiger partial charge in [0, 0.05) is 0 Å². The molecule has 0 aliphatic carbocycles. The highest BCUT2D eigenvalue weighted by Gasteiger charge is 2.19. The maximum absolute atomic E-state index is 2.34. The minimum Gasteiger partial charge on any atom is -0.0616 e. The highest BCUT2D eigenvalue weighted by Crippen LogP contribution is 2.47. The lowest BCUT2D eigenvalue weighted by Crippen LogP contribution is -1.93. The molecule has 0 heterocycles. The highest BCUT2D eigenvalue weighted by atomic mass is 14.2. The van der Waals surface area contributed by atoms with Crippen molar-refractivity contribution in [2.24, 2.45) is 0 Å². The molecule has 0 amide bonds. The number of rotatable bonds is 5. The Morgan fingerprint density at radius 1 is 0.196 bits per heavy atom. The van der Waals surface area contributed by atoms with Gasteiger partial charge in [0.25, 0.3) is 0 Å². The molecule has 0 fully saturated rings. The standard InChI is InChI=1S/C56H36/c1-3-19-41-37(15-1)17-13-29-46(41)48-35-33-39(42-20-5-7-23-45(42)48)31-32-40-34-36-54(47-24-8-6-21-43(40)47)56-52-27-11-9-25-50(52)55(51-26-10-12-28-53(51)56)49-30-14-18-38-16-2-4-22-44(38)49/h1-36H.